The van der Waals surface area contributed by atoms with Crippen LogP contribution >= 0.6 is 24.4 Å². The number of anilines is 3. The van der Waals surface area contributed by atoms with Crippen molar-refractivity contribution in [3.05, 3.63) is 74.6 Å². The molecule has 10 heteroatoms. The number of aliphatic carboxylic acids is 1. The molecule has 0 spiro atoms. The minimum absolute atomic E-state index is 0.128. The van der Waals surface area contributed by atoms with Crippen LogP contribution in [0.5, 0.6) is 0 Å². The summed E-state index contributed by atoms with van der Waals surface area (Å²) in [6.07, 6.45) is 1.42. The zero-order chi connectivity index (χ0) is 26.1. The van der Waals surface area contributed by atoms with E-state index in [2.05, 4.69) is 51.5 Å². The number of hydrogen-bond acceptors (Lipinski definition) is 6. The number of carbonyl (C=O) groups is 2. The molecule has 0 radical (unpaired) electrons. The molecule has 5 N–H and O–H groups in total. The van der Waals surface area contributed by atoms with Crippen molar-refractivity contribution in [2.45, 2.75) is 33.1 Å². The smallest absolute Gasteiger partial charge is 0.303 e. The van der Waals surface area contributed by atoms with E-state index in [1.165, 1.54) is 0 Å². The number of carbonyl (C=O) groups excluding carboxylic acids is 1. The van der Waals surface area contributed by atoms with Gasteiger partial charge in [0.1, 0.15) is 10.5 Å². The van der Waals surface area contributed by atoms with Gasteiger partial charge in [-0.2, -0.15) is 0 Å². The van der Waals surface area contributed by atoms with Crippen molar-refractivity contribution in [3.8, 4) is 0 Å². The first kappa shape index (κ1) is 27.1. The molecule has 0 saturated heterocycles. The van der Waals surface area contributed by atoms with Crippen molar-refractivity contribution in [1.29, 1.82) is 0 Å². The fourth-order valence-corrected chi connectivity index (χ4v) is 4.57. The minimum Gasteiger partial charge on any atom is -0.481 e. The van der Waals surface area contributed by atoms with Crippen molar-refractivity contribution in [1.82, 2.24) is 15.3 Å². The van der Waals surface area contributed by atoms with Crippen molar-refractivity contribution >= 4 is 53.5 Å². The Morgan fingerprint density at radius 3 is 2.36 bits per heavy atom. The molecule has 3 aromatic rings. The van der Waals surface area contributed by atoms with E-state index in [1.807, 2.05) is 12.1 Å². The van der Waals surface area contributed by atoms with Gasteiger partial charge < -0.3 is 30.6 Å². The van der Waals surface area contributed by atoms with Crippen LogP contribution in [0.25, 0.3) is 0 Å². The Labute approximate surface area is 220 Å². The number of aromatic amines is 2. The molecular weight excluding hydrogens is 494 g/mol. The fourth-order valence-electron chi connectivity index (χ4n) is 4.06. The molecule has 1 heterocycles. The highest BCUT2D eigenvalue weighted by molar-refractivity contribution is 7.72. The van der Waals surface area contributed by atoms with Crippen LogP contribution < -0.4 is 15.5 Å². The highest BCUT2D eigenvalue weighted by atomic mass is 32.1. The van der Waals surface area contributed by atoms with Crippen LogP contribution in [0.3, 0.4) is 0 Å². The van der Waals surface area contributed by atoms with E-state index in [4.69, 9.17) is 29.5 Å². The number of carboxylic acids is 1. The summed E-state index contributed by atoms with van der Waals surface area (Å²) in [7, 11) is 0. The lowest BCUT2D eigenvalue weighted by molar-refractivity contribution is -0.137. The van der Waals surface area contributed by atoms with E-state index in [1.54, 1.807) is 24.3 Å². The number of benzene rings is 2. The number of nitrogens with zero attached hydrogens (tertiary/aromatic N) is 1. The van der Waals surface area contributed by atoms with Crippen molar-refractivity contribution in [2.24, 2.45) is 0 Å². The normalized spacial score (nSPS) is 10.6. The van der Waals surface area contributed by atoms with Gasteiger partial charge in [0, 0.05) is 49.1 Å². The van der Waals surface area contributed by atoms with Crippen molar-refractivity contribution in [3.63, 3.8) is 0 Å². The topological polar surface area (TPSA) is 113 Å². The second kappa shape index (κ2) is 13.0. The summed E-state index contributed by atoms with van der Waals surface area (Å²) in [6.45, 7) is 5.97. The molecule has 0 aliphatic carbocycles. The molecule has 8 nitrogen and oxygen atoms in total. The Kier molecular flexibility index (Phi) is 9.77. The molecule has 190 valence electrons. The van der Waals surface area contributed by atoms with Gasteiger partial charge in [-0.3, -0.25) is 9.59 Å². The van der Waals surface area contributed by atoms with Crippen LogP contribution in [-0.2, 0) is 4.79 Å². The van der Waals surface area contributed by atoms with Gasteiger partial charge >= 0.3 is 5.97 Å². The largest absolute Gasteiger partial charge is 0.481 e. The Morgan fingerprint density at radius 2 is 1.67 bits per heavy atom. The second-order valence-corrected chi connectivity index (χ2v) is 9.39. The number of aromatic nitrogens is 2. The Hall–Kier alpha value is -3.50. The summed E-state index contributed by atoms with van der Waals surface area (Å²) in [5.74, 6) is -0.324. The van der Waals surface area contributed by atoms with Gasteiger partial charge in [-0.25, -0.2) is 0 Å². The average Bonchev–Trinajstić information content (AvgIpc) is 2.80. The lowest BCUT2D eigenvalue weighted by Crippen LogP contribution is -2.31. The van der Waals surface area contributed by atoms with Gasteiger partial charge in [0.2, 0.25) is 0 Å². The Balaban J connectivity index is 1.58. The van der Waals surface area contributed by atoms with E-state index in [-0.39, 0.29) is 12.3 Å². The van der Waals surface area contributed by atoms with Crippen LogP contribution in [0.2, 0.25) is 0 Å². The predicted octanol–water partition coefficient (Wildman–Crippen LogP) is 5.65. The molecule has 0 aliphatic heterocycles. The lowest BCUT2D eigenvalue weighted by atomic mass is 10.1. The number of amides is 1. The summed E-state index contributed by atoms with van der Waals surface area (Å²) < 4.78 is 0.921. The standard InChI is InChI=1S/C26H31N5O3S2/c1-17-7-3-8-18(2)24(17)31(13-5-11-23(32)33)14-6-12-27-25(34)19-9-4-10-20(15-19)28-21-16-22(35)30-26(36)29-21/h3-4,7-10,15-16H,5-6,11-14H2,1-2H3,(H,27,34)(H,32,33)(H3,28,29,30,35,36). The van der Waals surface area contributed by atoms with Crippen molar-refractivity contribution in [2.75, 3.05) is 29.9 Å². The van der Waals surface area contributed by atoms with Gasteiger partial charge in [0.25, 0.3) is 5.91 Å². The number of hydrogen-bond donors (Lipinski definition) is 5. The molecule has 3 rings (SSSR count). The van der Waals surface area contributed by atoms with Crippen LogP contribution in [0.15, 0.2) is 48.5 Å². The van der Waals surface area contributed by atoms with Gasteiger partial charge in [0.05, 0.1) is 0 Å². The maximum Gasteiger partial charge on any atom is 0.303 e. The summed E-state index contributed by atoms with van der Waals surface area (Å²) in [4.78, 5) is 31.8. The number of H-pyrrole nitrogens is 2. The zero-order valence-electron chi connectivity index (χ0n) is 20.4. The maximum absolute atomic E-state index is 12.8. The summed E-state index contributed by atoms with van der Waals surface area (Å²) in [6, 6.07) is 15.0. The summed E-state index contributed by atoms with van der Waals surface area (Å²) >= 11 is 10.3. The first-order valence-electron chi connectivity index (χ1n) is 11.7. The minimum atomic E-state index is -0.793. The van der Waals surface area contributed by atoms with E-state index in [0.717, 1.165) is 28.9 Å². The molecule has 0 aliphatic rings. The third-order valence-electron chi connectivity index (χ3n) is 5.63. The lowest BCUT2D eigenvalue weighted by Gasteiger charge is -2.28. The number of aryl methyl sites for hydroxylation is 2. The highest BCUT2D eigenvalue weighted by Gasteiger charge is 2.13. The first-order chi connectivity index (χ1) is 17.2. The molecule has 0 fully saturated rings. The van der Waals surface area contributed by atoms with Crippen LogP contribution in [0.1, 0.15) is 40.7 Å². The molecule has 0 bridgehead atoms. The zero-order valence-corrected chi connectivity index (χ0v) is 22.0. The van der Waals surface area contributed by atoms with Gasteiger partial charge in [-0.15, -0.1) is 0 Å². The highest BCUT2D eigenvalue weighted by Crippen LogP contribution is 2.25. The van der Waals surface area contributed by atoms with Crippen molar-refractivity contribution < 1.29 is 14.7 Å². The number of para-hydroxylation sites is 1. The average molecular weight is 526 g/mol. The SMILES string of the molecule is Cc1cccc(C)c1N(CCCNC(=O)c1cccc(Nc2cc(=S)[nH]c(=S)[nH]2)c1)CCCC(=O)O. The maximum atomic E-state index is 12.8. The molecule has 0 atom stereocenters. The molecule has 1 amide bonds. The number of rotatable bonds is 12. The second-order valence-electron chi connectivity index (χ2n) is 8.54. The Morgan fingerprint density at radius 1 is 0.972 bits per heavy atom. The molecule has 1 aromatic heterocycles. The van der Waals surface area contributed by atoms with Gasteiger partial charge in [-0.05, 0) is 68.2 Å². The summed E-state index contributed by atoms with van der Waals surface area (Å²) in [5, 5.41) is 15.2. The number of carboxylic acid groups (broad SMARTS) is 1. The van der Waals surface area contributed by atoms with Gasteiger partial charge in [-0.1, -0.05) is 36.5 Å². The van der Waals surface area contributed by atoms with Crippen LogP contribution in [0.4, 0.5) is 17.2 Å². The van der Waals surface area contributed by atoms with E-state index >= 15 is 0 Å². The predicted molar refractivity (Wildman–Crippen MR) is 148 cm³/mol. The fraction of sp³-hybridized carbons (Fsp3) is 0.308. The quantitative estimate of drug-likeness (QED) is 0.153. The third kappa shape index (κ3) is 8.03. The first-order valence-corrected chi connectivity index (χ1v) is 12.6. The van der Waals surface area contributed by atoms with Crippen LogP contribution in [0, 0.1) is 23.3 Å². The molecular formula is C26H31N5O3S2. The van der Waals surface area contributed by atoms with E-state index in [0.29, 0.717) is 46.8 Å². The third-order valence-corrected chi connectivity index (χ3v) is 6.05. The van der Waals surface area contributed by atoms with Crippen LogP contribution in [-0.4, -0.2) is 46.6 Å². The molecule has 36 heavy (non-hydrogen) atoms. The molecule has 0 saturated carbocycles. The number of nitrogens with one attached hydrogen (secondary N) is 4. The molecule has 0 unspecified atom stereocenters. The van der Waals surface area contributed by atoms with E-state index < -0.39 is 5.97 Å². The summed E-state index contributed by atoms with van der Waals surface area (Å²) in [5.41, 5.74) is 4.70. The van der Waals surface area contributed by atoms with E-state index in [9.17, 15) is 9.59 Å². The monoisotopic (exact) mass is 525 g/mol. The Bertz CT molecular complexity index is 1290. The molecule has 2 aromatic carbocycles. The van der Waals surface area contributed by atoms with Gasteiger partial charge in [0.15, 0.2) is 4.77 Å².